The van der Waals surface area contributed by atoms with E-state index in [1.165, 1.54) is 5.56 Å². The SMILES string of the molecule is CC(C)(C)c1c(N)nnn1Cc1ccccc1. The maximum absolute atomic E-state index is 5.89. The molecule has 0 bridgehead atoms. The monoisotopic (exact) mass is 230 g/mol. The van der Waals surface area contributed by atoms with E-state index in [-0.39, 0.29) is 5.41 Å². The van der Waals surface area contributed by atoms with Gasteiger partial charge in [0.15, 0.2) is 5.82 Å². The van der Waals surface area contributed by atoms with Gasteiger partial charge >= 0.3 is 0 Å². The number of anilines is 1. The van der Waals surface area contributed by atoms with Crippen molar-refractivity contribution in [1.82, 2.24) is 15.0 Å². The molecule has 0 unspecified atom stereocenters. The second-order valence-corrected chi connectivity index (χ2v) is 5.22. The lowest BCUT2D eigenvalue weighted by Crippen LogP contribution is -2.20. The summed E-state index contributed by atoms with van der Waals surface area (Å²) in [4.78, 5) is 0. The van der Waals surface area contributed by atoms with Crippen molar-refractivity contribution < 1.29 is 0 Å². The number of nitrogens with two attached hydrogens (primary N) is 1. The molecule has 0 spiro atoms. The molecule has 0 radical (unpaired) electrons. The fourth-order valence-corrected chi connectivity index (χ4v) is 1.96. The minimum absolute atomic E-state index is 0.0532. The van der Waals surface area contributed by atoms with Crippen molar-refractivity contribution in [3.63, 3.8) is 0 Å². The molecule has 0 amide bonds. The van der Waals surface area contributed by atoms with Gasteiger partial charge in [0.2, 0.25) is 0 Å². The van der Waals surface area contributed by atoms with Gasteiger partial charge in [0, 0.05) is 5.41 Å². The van der Waals surface area contributed by atoms with Crippen LogP contribution in [0.2, 0.25) is 0 Å². The Hall–Kier alpha value is -1.84. The van der Waals surface area contributed by atoms with Gasteiger partial charge in [-0.3, -0.25) is 0 Å². The van der Waals surface area contributed by atoms with Crippen LogP contribution in [0.15, 0.2) is 30.3 Å². The van der Waals surface area contributed by atoms with Crippen LogP contribution in [0.1, 0.15) is 32.0 Å². The molecular formula is C13H18N4. The van der Waals surface area contributed by atoms with E-state index in [0.717, 1.165) is 5.69 Å². The highest BCUT2D eigenvalue weighted by atomic mass is 15.4. The lowest BCUT2D eigenvalue weighted by atomic mass is 9.92. The zero-order valence-corrected chi connectivity index (χ0v) is 10.5. The van der Waals surface area contributed by atoms with Crippen molar-refractivity contribution in [2.45, 2.75) is 32.7 Å². The van der Waals surface area contributed by atoms with Crippen LogP contribution in [-0.4, -0.2) is 15.0 Å². The molecule has 0 saturated heterocycles. The van der Waals surface area contributed by atoms with Gasteiger partial charge < -0.3 is 5.73 Å². The third-order valence-corrected chi connectivity index (χ3v) is 2.65. The van der Waals surface area contributed by atoms with Gasteiger partial charge in [-0.15, -0.1) is 5.10 Å². The number of hydrogen-bond acceptors (Lipinski definition) is 3. The van der Waals surface area contributed by atoms with Crippen LogP contribution in [0.5, 0.6) is 0 Å². The Kier molecular flexibility index (Phi) is 2.88. The Labute approximate surface area is 101 Å². The average molecular weight is 230 g/mol. The summed E-state index contributed by atoms with van der Waals surface area (Å²) in [5.41, 5.74) is 8.02. The maximum atomic E-state index is 5.89. The van der Waals surface area contributed by atoms with Gasteiger partial charge in [-0.1, -0.05) is 56.3 Å². The topological polar surface area (TPSA) is 56.7 Å². The first-order chi connectivity index (χ1) is 7.98. The maximum Gasteiger partial charge on any atom is 0.169 e. The second-order valence-electron chi connectivity index (χ2n) is 5.22. The normalized spacial score (nSPS) is 11.7. The first-order valence-electron chi connectivity index (χ1n) is 5.72. The number of nitrogens with zero attached hydrogens (tertiary/aromatic N) is 3. The Morgan fingerprint density at radius 2 is 1.82 bits per heavy atom. The van der Waals surface area contributed by atoms with Gasteiger partial charge in [0.25, 0.3) is 0 Å². The fraction of sp³-hybridized carbons (Fsp3) is 0.385. The summed E-state index contributed by atoms with van der Waals surface area (Å²) in [6, 6.07) is 10.2. The summed E-state index contributed by atoms with van der Waals surface area (Å²) >= 11 is 0. The molecule has 0 aliphatic heterocycles. The van der Waals surface area contributed by atoms with Crippen LogP contribution >= 0.6 is 0 Å². The third-order valence-electron chi connectivity index (χ3n) is 2.65. The molecule has 4 nitrogen and oxygen atoms in total. The highest BCUT2D eigenvalue weighted by Gasteiger charge is 2.23. The van der Waals surface area contributed by atoms with Crippen molar-refractivity contribution in [1.29, 1.82) is 0 Å². The van der Waals surface area contributed by atoms with E-state index in [9.17, 15) is 0 Å². The second kappa shape index (κ2) is 4.20. The zero-order chi connectivity index (χ0) is 12.5. The van der Waals surface area contributed by atoms with Crippen LogP contribution in [0.4, 0.5) is 5.82 Å². The zero-order valence-electron chi connectivity index (χ0n) is 10.5. The van der Waals surface area contributed by atoms with E-state index < -0.39 is 0 Å². The predicted octanol–water partition coefficient (Wildman–Crippen LogP) is 2.21. The minimum Gasteiger partial charge on any atom is -0.381 e. The molecule has 2 N–H and O–H groups in total. The van der Waals surface area contributed by atoms with Crippen molar-refractivity contribution >= 4 is 5.82 Å². The average Bonchev–Trinajstić information content (AvgIpc) is 2.60. The van der Waals surface area contributed by atoms with Gasteiger partial charge in [-0.25, -0.2) is 4.68 Å². The predicted molar refractivity (Wildman–Crippen MR) is 68.7 cm³/mol. The molecule has 0 fully saturated rings. The number of rotatable bonds is 2. The minimum atomic E-state index is -0.0532. The highest BCUT2D eigenvalue weighted by molar-refractivity contribution is 5.38. The Bertz CT molecular complexity index is 494. The summed E-state index contributed by atoms with van der Waals surface area (Å²) in [7, 11) is 0. The quantitative estimate of drug-likeness (QED) is 0.860. The summed E-state index contributed by atoms with van der Waals surface area (Å²) < 4.78 is 1.88. The van der Waals surface area contributed by atoms with E-state index >= 15 is 0 Å². The number of benzene rings is 1. The lowest BCUT2D eigenvalue weighted by Gasteiger charge is -2.20. The number of nitrogen functional groups attached to an aromatic ring is 1. The van der Waals surface area contributed by atoms with Crippen molar-refractivity contribution in [2.24, 2.45) is 0 Å². The van der Waals surface area contributed by atoms with Crippen LogP contribution in [0.3, 0.4) is 0 Å². The largest absolute Gasteiger partial charge is 0.381 e. The molecule has 2 rings (SSSR count). The van der Waals surface area contributed by atoms with E-state index in [1.54, 1.807) is 0 Å². The molecule has 1 heterocycles. The van der Waals surface area contributed by atoms with Crippen LogP contribution in [0, 0.1) is 0 Å². The summed E-state index contributed by atoms with van der Waals surface area (Å²) in [6.45, 7) is 7.05. The molecule has 0 saturated carbocycles. The molecule has 0 aliphatic rings. The first kappa shape index (κ1) is 11.6. The van der Waals surface area contributed by atoms with Gasteiger partial charge in [0.05, 0.1) is 12.2 Å². The van der Waals surface area contributed by atoms with Crippen LogP contribution in [-0.2, 0) is 12.0 Å². The fourth-order valence-electron chi connectivity index (χ4n) is 1.96. The van der Waals surface area contributed by atoms with E-state index in [4.69, 9.17) is 5.73 Å². The molecule has 90 valence electrons. The van der Waals surface area contributed by atoms with E-state index in [0.29, 0.717) is 12.4 Å². The summed E-state index contributed by atoms with van der Waals surface area (Å²) in [5.74, 6) is 0.522. The summed E-state index contributed by atoms with van der Waals surface area (Å²) in [6.07, 6.45) is 0. The Morgan fingerprint density at radius 1 is 1.18 bits per heavy atom. The Balaban J connectivity index is 2.35. The van der Waals surface area contributed by atoms with Crippen molar-refractivity contribution in [3.8, 4) is 0 Å². The number of hydrogen-bond donors (Lipinski definition) is 1. The molecule has 0 atom stereocenters. The molecule has 17 heavy (non-hydrogen) atoms. The smallest absolute Gasteiger partial charge is 0.169 e. The molecule has 1 aromatic carbocycles. The molecular weight excluding hydrogens is 212 g/mol. The Morgan fingerprint density at radius 3 is 2.41 bits per heavy atom. The number of aromatic nitrogens is 3. The molecule has 4 heteroatoms. The lowest BCUT2D eigenvalue weighted by molar-refractivity contribution is 0.502. The summed E-state index contributed by atoms with van der Waals surface area (Å²) in [5, 5.41) is 8.09. The van der Waals surface area contributed by atoms with Gasteiger partial charge in [0.1, 0.15) is 0 Å². The molecule has 2 aromatic rings. The first-order valence-corrected chi connectivity index (χ1v) is 5.72. The van der Waals surface area contributed by atoms with Crippen LogP contribution < -0.4 is 5.73 Å². The van der Waals surface area contributed by atoms with Crippen LogP contribution in [0.25, 0.3) is 0 Å². The highest BCUT2D eigenvalue weighted by Crippen LogP contribution is 2.26. The van der Waals surface area contributed by atoms with E-state index in [2.05, 4.69) is 43.2 Å². The van der Waals surface area contributed by atoms with E-state index in [1.807, 2.05) is 22.9 Å². The van der Waals surface area contributed by atoms with Gasteiger partial charge in [-0.2, -0.15) is 0 Å². The standard InChI is InChI=1S/C13H18N4/c1-13(2,3)11-12(14)15-16-17(11)9-10-7-5-4-6-8-10/h4-8H,9,14H2,1-3H3. The van der Waals surface area contributed by atoms with Crippen molar-refractivity contribution in [2.75, 3.05) is 5.73 Å². The molecule has 1 aromatic heterocycles. The third kappa shape index (κ3) is 2.46. The van der Waals surface area contributed by atoms with Crippen molar-refractivity contribution in [3.05, 3.63) is 41.6 Å². The van der Waals surface area contributed by atoms with Gasteiger partial charge in [-0.05, 0) is 5.56 Å². The molecule has 0 aliphatic carbocycles.